The van der Waals surface area contributed by atoms with Crippen LogP contribution in [-0.4, -0.2) is 28.6 Å². The number of aliphatic carboxylic acids is 1. The molecule has 1 aliphatic carbocycles. The Labute approximate surface area is 108 Å². The molecule has 0 radical (unpaired) electrons. The van der Waals surface area contributed by atoms with Gasteiger partial charge >= 0.3 is 5.97 Å². The molecule has 0 amide bonds. The van der Waals surface area contributed by atoms with Gasteiger partial charge in [-0.05, 0) is 43.4 Å². The van der Waals surface area contributed by atoms with Gasteiger partial charge in [0.15, 0.2) is 0 Å². The van der Waals surface area contributed by atoms with E-state index in [9.17, 15) is 4.79 Å². The first-order valence-electron chi connectivity index (χ1n) is 6.59. The van der Waals surface area contributed by atoms with Crippen LogP contribution in [-0.2, 0) is 11.3 Å². The van der Waals surface area contributed by atoms with Gasteiger partial charge in [-0.1, -0.05) is 18.2 Å². The Morgan fingerprint density at radius 2 is 1.94 bits per heavy atom. The second kappa shape index (κ2) is 5.53. The molecule has 1 aromatic rings. The van der Waals surface area contributed by atoms with E-state index in [-0.39, 0.29) is 6.42 Å². The maximum atomic E-state index is 10.7. The van der Waals surface area contributed by atoms with Crippen molar-refractivity contribution >= 4 is 5.97 Å². The number of rotatable bonds is 6. The topological polar surface area (TPSA) is 40.5 Å². The average Bonchev–Trinajstić information content (AvgIpc) is 3.11. The molecule has 1 N–H and O–H groups in total. The van der Waals surface area contributed by atoms with Gasteiger partial charge in [0.1, 0.15) is 0 Å². The highest BCUT2D eigenvalue weighted by Crippen LogP contribution is 2.29. The van der Waals surface area contributed by atoms with Crippen LogP contribution < -0.4 is 0 Å². The molecule has 0 aromatic heterocycles. The van der Waals surface area contributed by atoms with Crippen molar-refractivity contribution in [2.75, 3.05) is 6.54 Å². The van der Waals surface area contributed by atoms with E-state index in [1.807, 2.05) is 0 Å². The number of carbonyl (C=O) groups is 1. The molecule has 3 nitrogen and oxygen atoms in total. The van der Waals surface area contributed by atoms with Gasteiger partial charge in [0.2, 0.25) is 0 Å². The first kappa shape index (κ1) is 13.1. The molecule has 0 spiro atoms. The van der Waals surface area contributed by atoms with E-state index in [1.54, 1.807) is 0 Å². The summed E-state index contributed by atoms with van der Waals surface area (Å²) in [5.74, 6) is -0.706. The van der Waals surface area contributed by atoms with E-state index >= 15 is 0 Å². The minimum atomic E-state index is -0.706. The molecule has 1 aliphatic rings. The van der Waals surface area contributed by atoms with Gasteiger partial charge in [0.25, 0.3) is 0 Å². The highest BCUT2D eigenvalue weighted by Gasteiger charge is 2.29. The minimum Gasteiger partial charge on any atom is -0.481 e. The summed E-state index contributed by atoms with van der Waals surface area (Å²) in [4.78, 5) is 13.0. The van der Waals surface area contributed by atoms with Crippen molar-refractivity contribution in [2.24, 2.45) is 0 Å². The zero-order valence-electron chi connectivity index (χ0n) is 11.1. The summed E-state index contributed by atoms with van der Waals surface area (Å²) in [5, 5.41) is 8.81. The third-order valence-electron chi connectivity index (χ3n) is 3.68. The Kier molecular flexibility index (Phi) is 4.02. The summed E-state index contributed by atoms with van der Waals surface area (Å²) in [5.41, 5.74) is 3.96. The fraction of sp³-hybridized carbons (Fsp3) is 0.533. The lowest BCUT2D eigenvalue weighted by Crippen LogP contribution is -2.28. The van der Waals surface area contributed by atoms with Crippen LogP contribution in [0.5, 0.6) is 0 Å². The van der Waals surface area contributed by atoms with Crippen molar-refractivity contribution in [3.8, 4) is 0 Å². The van der Waals surface area contributed by atoms with E-state index in [4.69, 9.17) is 5.11 Å². The first-order chi connectivity index (χ1) is 8.58. The molecule has 0 aliphatic heterocycles. The second-order valence-corrected chi connectivity index (χ2v) is 5.22. The summed E-state index contributed by atoms with van der Waals surface area (Å²) in [6, 6.07) is 6.94. The van der Waals surface area contributed by atoms with Gasteiger partial charge in [-0.25, -0.2) is 0 Å². The van der Waals surface area contributed by atoms with Crippen molar-refractivity contribution in [3.63, 3.8) is 0 Å². The number of hydrogen-bond acceptors (Lipinski definition) is 2. The molecule has 0 heterocycles. The Balaban J connectivity index is 2.06. The fourth-order valence-corrected chi connectivity index (χ4v) is 2.37. The third-order valence-corrected chi connectivity index (χ3v) is 3.68. The second-order valence-electron chi connectivity index (χ2n) is 5.22. The van der Waals surface area contributed by atoms with Crippen molar-refractivity contribution in [3.05, 3.63) is 34.9 Å². The van der Waals surface area contributed by atoms with Gasteiger partial charge in [0, 0.05) is 19.1 Å². The van der Waals surface area contributed by atoms with Crippen LogP contribution in [0.1, 0.15) is 36.0 Å². The molecule has 1 saturated carbocycles. The van der Waals surface area contributed by atoms with Crippen LogP contribution >= 0.6 is 0 Å². The van der Waals surface area contributed by atoms with Gasteiger partial charge in [-0.3, -0.25) is 9.69 Å². The largest absolute Gasteiger partial charge is 0.481 e. The number of nitrogens with zero attached hydrogens (tertiary/aromatic N) is 1. The highest BCUT2D eigenvalue weighted by atomic mass is 16.4. The van der Waals surface area contributed by atoms with Crippen molar-refractivity contribution in [1.82, 2.24) is 4.90 Å². The van der Waals surface area contributed by atoms with Crippen LogP contribution in [0.15, 0.2) is 18.2 Å². The number of benzene rings is 1. The Morgan fingerprint density at radius 3 is 2.44 bits per heavy atom. The van der Waals surface area contributed by atoms with E-state index in [0.717, 1.165) is 6.54 Å². The fourth-order valence-electron chi connectivity index (χ4n) is 2.37. The van der Waals surface area contributed by atoms with Crippen molar-refractivity contribution in [2.45, 2.75) is 45.7 Å². The summed E-state index contributed by atoms with van der Waals surface area (Å²) in [6.07, 6.45) is 2.66. The molecule has 0 bridgehead atoms. The number of aryl methyl sites for hydroxylation is 2. The molecule has 0 unspecified atom stereocenters. The van der Waals surface area contributed by atoms with Gasteiger partial charge < -0.3 is 5.11 Å². The Hall–Kier alpha value is -1.35. The predicted octanol–water partition coefficient (Wildman–Crippen LogP) is 2.74. The predicted molar refractivity (Wildman–Crippen MR) is 71.6 cm³/mol. The molecule has 0 atom stereocenters. The molecule has 0 saturated heterocycles. The van der Waals surface area contributed by atoms with Crippen LogP contribution in [0.25, 0.3) is 0 Å². The lowest BCUT2D eigenvalue weighted by Gasteiger charge is -2.23. The lowest BCUT2D eigenvalue weighted by atomic mass is 10.0. The van der Waals surface area contributed by atoms with E-state index in [0.29, 0.717) is 12.6 Å². The van der Waals surface area contributed by atoms with Crippen molar-refractivity contribution < 1.29 is 9.90 Å². The maximum Gasteiger partial charge on any atom is 0.304 e. The van der Waals surface area contributed by atoms with E-state index in [1.165, 1.54) is 29.5 Å². The minimum absolute atomic E-state index is 0.238. The first-order valence-corrected chi connectivity index (χ1v) is 6.59. The van der Waals surface area contributed by atoms with Crippen LogP contribution in [0.2, 0.25) is 0 Å². The Bertz CT molecular complexity index is 418. The molecule has 1 fully saturated rings. The van der Waals surface area contributed by atoms with Crippen molar-refractivity contribution in [1.29, 1.82) is 0 Å². The molecule has 98 valence electrons. The highest BCUT2D eigenvalue weighted by molar-refractivity contribution is 5.66. The average molecular weight is 247 g/mol. The van der Waals surface area contributed by atoms with Gasteiger partial charge in [0.05, 0.1) is 6.42 Å². The number of carboxylic acid groups (broad SMARTS) is 1. The standard InChI is InChI=1S/C15H21NO2/c1-11-4-3-5-12(2)14(11)10-16(13-6-7-13)9-8-15(17)18/h3-5,13H,6-10H2,1-2H3,(H,17,18). The zero-order chi connectivity index (χ0) is 13.1. The molecular formula is C15H21NO2. The SMILES string of the molecule is Cc1cccc(C)c1CN(CCC(=O)O)C1CC1. The van der Waals surface area contributed by atoms with Gasteiger partial charge in [-0.15, -0.1) is 0 Å². The normalized spacial score (nSPS) is 15.1. The third kappa shape index (κ3) is 3.33. The molecule has 18 heavy (non-hydrogen) atoms. The zero-order valence-corrected chi connectivity index (χ0v) is 11.1. The monoisotopic (exact) mass is 247 g/mol. The summed E-state index contributed by atoms with van der Waals surface area (Å²) in [7, 11) is 0. The quantitative estimate of drug-likeness (QED) is 0.840. The van der Waals surface area contributed by atoms with Crippen LogP contribution in [0.4, 0.5) is 0 Å². The smallest absolute Gasteiger partial charge is 0.304 e. The molecule has 3 heteroatoms. The number of hydrogen-bond donors (Lipinski definition) is 1. The molecular weight excluding hydrogens is 226 g/mol. The molecule has 2 rings (SSSR count). The molecule has 1 aromatic carbocycles. The van der Waals surface area contributed by atoms with Crippen LogP contribution in [0.3, 0.4) is 0 Å². The Morgan fingerprint density at radius 1 is 1.33 bits per heavy atom. The summed E-state index contributed by atoms with van der Waals surface area (Å²) >= 11 is 0. The van der Waals surface area contributed by atoms with Gasteiger partial charge in [-0.2, -0.15) is 0 Å². The lowest BCUT2D eigenvalue weighted by molar-refractivity contribution is -0.137. The summed E-state index contributed by atoms with van der Waals surface area (Å²) in [6.45, 7) is 5.81. The number of carboxylic acids is 1. The summed E-state index contributed by atoms with van der Waals surface area (Å²) < 4.78 is 0. The van der Waals surface area contributed by atoms with E-state index in [2.05, 4.69) is 36.9 Å². The van der Waals surface area contributed by atoms with Crippen LogP contribution in [0, 0.1) is 13.8 Å². The maximum absolute atomic E-state index is 10.7. The van der Waals surface area contributed by atoms with E-state index < -0.39 is 5.97 Å².